The molecule has 1 N–H and O–H groups in total. The summed E-state index contributed by atoms with van der Waals surface area (Å²) in [6, 6.07) is 3.03. The van der Waals surface area contributed by atoms with Crippen LogP contribution in [0.4, 0.5) is 4.39 Å². The maximum atomic E-state index is 13.4. The average Bonchev–Trinajstić information content (AvgIpc) is 2.31. The Morgan fingerprint density at radius 1 is 1.28 bits per heavy atom. The fraction of sp³-hybridized carbons (Fsp3) is 0.538. The Morgan fingerprint density at radius 3 is 2.56 bits per heavy atom. The van der Waals surface area contributed by atoms with Gasteiger partial charge in [-0.3, -0.25) is 0 Å². The van der Waals surface area contributed by atoms with Gasteiger partial charge < -0.3 is 10.1 Å². The summed E-state index contributed by atoms with van der Waals surface area (Å²) < 4.78 is 18.4. The van der Waals surface area contributed by atoms with Gasteiger partial charge in [0.1, 0.15) is 5.82 Å². The molecule has 2 unspecified atom stereocenters. The van der Waals surface area contributed by atoms with E-state index in [1.807, 2.05) is 6.92 Å². The minimum atomic E-state index is -0.450. The van der Waals surface area contributed by atoms with Crippen LogP contribution in [0, 0.1) is 5.82 Å². The van der Waals surface area contributed by atoms with Crippen LogP contribution < -0.4 is 5.32 Å². The van der Waals surface area contributed by atoms with Gasteiger partial charge in [-0.2, -0.15) is 0 Å². The fourth-order valence-corrected chi connectivity index (χ4v) is 2.31. The van der Waals surface area contributed by atoms with E-state index < -0.39 is 5.82 Å². The second-order valence-electron chi connectivity index (χ2n) is 4.36. The van der Waals surface area contributed by atoms with Crippen LogP contribution in [0.2, 0.25) is 10.0 Å². The molecule has 0 spiro atoms. The predicted octanol–water partition coefficient (Wildman–Crippen LogP) is 4.21. The molecule has 18 heavy (non-hydrogen) atoms. The molecule has 2 atom stereocenters. The van der Waals surface area contributed by atoms with Gasteiger partial charge in [0.2, 0.25) is 0 Å². The van der Waals surface area contributed by atoms with Crippen LogP contribution in [0.25, 0.3) is 0 Å². The standard InChI is InChI=1S/C13H18Cl2FNO/c1-8(4-5-18-3)17-9(2)10-6-13(16)12(15)7-11(10)14/h6-9,17H,4-5H2,1-3H3. The molecule has 0 aromatic heterocycles. The molecule has 1 rings (SSSR count). The molecule has 0 amide bonds. The topological polar surface area (TPSA) is 21.3 Å². The minimum Gasteiger partial charge on any atom is -0.385 e. The Hall–Kier alpha value is -0.350. The fourth-order valence-electron chi connectivity index (χ4n) is 1.76. The van der Waals surface area contributed by atoms with E-state index in [9.17, 15) is 4.39 Å². The molecule has 0 fully saturated rings. The van der Waals surface area contributed by atoms with Crippen LogP contribution in [0.1, 0.15) is 31.9 Å². The summed E-state index contributed by atoms with van der Waals surface area (Å²) in [4.78, 5) is 0. The van der Waals surface area contributed by atoms with Crippen molar-refractivity contribution in [3.8, 4) is 0 Å². The minimum absolute atomic E-state index is 0.0448. The highest BCUT2D eigenvalue weighted by Crippen LogP contribution is 2.28. The second kappa shape index (κ2) is 7.29. The van der Waals surface area contributed by atoms with Gasteiger partial charge in [0.25, 0.3) is 0 Å². The molecule has 0 aliphatic heterocycles. The molecule has 0 heterocycles. The zero-order valence-corrected chi connectivity index (χ0v) is 12.3. The van der Waals surface area contributed by atoms with E-state index in [1.165, 1.54) is 12.1 Å². The highest BCUT2D eigenvalue weighted by atomic mass is 35.5. The summed E-state index contributed by atoms with van der Waals surface area (Å²) in [5.74, 6) is -0.450. The van der Waals surface area contributed by atoms with Gasteiger partial charge >= 0.3 is 0 Å². The van der Waals surface area contributed by atoms with Crippen molar-refractivity contribution >= 4 is 23.2 Å². The Labute approximate surface area is 117 Å². The summed E-state index contributed by atoms with van der Waals surface area (Å²) in [7, 11) is 1.67. The molecule has 0 saturated carbocycles. The molecule has 0 radical (unpaired) electrons. The van der Waals surface area contributed by atoms with Gasteiger partial charge in [-0.25, -0.2) is 4.39 Å². The first-order chi connectivity index (χ1) is 8.45. The number of hydrogen-bond donors (Lipinski definition) is 1. The quantitative estimate of drug-likeness (QED) is 0.794. The van der Waals surface area contributed by atoms with Gasteiger partial charge in [-0.15, -0.1) is 0 Å². The molecule has 0 aliphatic carbocycles. The molecule has 2 nitrogen and oxygen atoms in total. The first kappa shape index (κ1) is 15.7. The van der Waals surface area contributed by atoms with Crippen molar-refractivity contribution in [2.45, 2.75) is 32.4 Å². The normalized spacial score (nSPS) is 14.6. The lowest BCUT2D eigenvalue weighted by molar-refractivity contribution is 0.183. The summed E-state index contributed by atoms with van der Waals surface area (Å²) in [5, 5.41) is 3.86. The van der Waals surface area contributed by atoms with Gasteiger partial charge in [0.15, 0.2) is 0 Å². The van der Waals surface area contributed by atoms with Gasteiger partial charge in [-0.05, 0) is 38.0 Å². The van der Waals surface area contributed by atoms with E-state index in [4.69, 9.17) is 27.9 Å². The van der Waals surface area contributed by atoms with Crippen LogP contribution in [0.3, 0.4) is 0 Å². The zero-order valence-electron chi connectivity index (χ0n) is 10.8. The lowest BCUT2D eigenvalue weighted by Gasteiger charge is -2.21. The number of hydrogen-bond acceptors (Lipinski definition) is 2. The van der Waals surface area contributed by atoms with Crippen molar-refractivity contribution in [1.29, 1.82) is 0 Å². The third-order valence-electron chi connectivity index (χ3n) is 2.80. The summed E-state index contributed by atoms with van der Waals surface area (Å²) in [6.45, 7) is 4.68. The molecular weight excluding hydrogens is 276 g/mol. The highest BCUT2D eigenvalue weighted by molar-refractivity contribution is 6.35. The van der Waals surface area contributed by atoms with Crippen molar-refractivity contribution in [3.63, 3.8) is 0 Å². The molecule has 0 aliphatic rings. The lowest BCUT2D eigenvalue weighted by Crippen LogP contribution is -2.30. The van der Waals surface area contributed by atoms with Crippen LogP contribution in [0.15, 0.2) is 12.1 Å². The van der Waals surface area contributed by atoms with Crippen LogP contribution in [0.5, 0.6) is 0 Å². The lowest BCUT2D eigenvalue weighted by atomic mass is 10.1. The number of benzene rings is 1. The monoisotopic (exact) mass is 293 g/mol. The van der Waals surface area contributed by atoms with Crippen molar-refractivity contribution in [2.75, 3.05) is 13.7 Å². The highest BCUT2D eigenvalue weighted by Gasteiger charge is 2.15. The van der Waals surface area contributed by atoms with Gasteiger partial charge in [0.05, 0.1) is 5.02 Å². The largest absolute Gasteiger partial charge is 0.385 e. The van der Waals surface area contributed by atoms with Crippen molar-refractivity contribution < 1.29 is 9.13 Å². The van der Waals surface area contributed by atoms with Crippen LogP contribution in [-0.2, 0) is 4.74 Å². The maximum Gasteiger partial charge on any atom is 0.142 e. The Morgan fingerprint density at radius 2 is 1.94 bits per heavy atom. The molecule has 0 bridgehead atoms. The third kappa shape index (κ3) is 4.39. The number of ether oxygens (including phenoxy) is 1. The van der Waals surface area contributed by atoms with Crippen LogP contribution in [-0.4, -0.2) is 19.8 Å². The number of methoxy groups -OCH3 is 1. The number of halogens is 3. The zero-order chi connectivity index (χ0) is 13.7. The molecule has 1 aromatic rings. The van der Waals surface area contributed by atoms with E-state index in [0.717, 1.165) is 6.42 Å². The van der Waals surface area contributed by atoms with E-state index in [-0.39, 0.29) is 17.1 Å². The smallest absolute Gasteiger partial charge is 0.142 e. The van der Waals surface area contributed by atoms with Gasteiger partial charge in [0, 0.05) is 30.8 Å². The van der Waals surface area contributed by atoms with E-state index in [0.29, 0.717) is 17.2 Å². The summed E-state index contributed by atoms with van der Waals surface area (Å²) >= 11 is 11.7. The Balaban J connectivity index is 2.72. The molecule has 102 valence electrons. The van der Waals surface area contributed by atoms with Crippen molar-refractivity contribution in [1.82, 2.24) is 5.32 Å². The summed E-state index contributed by atoms with van der Waals surface area (Å²) in [6.07, 6.45) is 0.883. The van der Waals surface area contributed by atoms with Crippen molar-refractivity contribution in [3.05, 3.63) is 33.6 Å². The molecule has 0 saturated heterocycles. The first-order valence-corrected chi connectivity index (χ1v) is 6.60. The predicted molar refractivity (Wildman–Crippen MR) is 73.9 cm³/mol. The number of rotatable bonds is 6. The van der Waals surface area contributed by atoms with E-state index in [2.05, 4.69) is 12.2 Å². The van der Waals surface area contributed by atoms with E-state index >= 15 is 0 Å². The first-order valence-electron chi connectivity index (χ1n) is 5.85. The molecule has 1 aromatic carbocycles. The van der Waals surface area contributed by atoms with E-state index in [1.54, 1.807) is 7.11 Å². The van der Waals surface area contributed by atoms with Gasteiger partial charge in [-0.1, -0.05) is 23.2 Å². The Bertz CT molecular complexity index is 401. The average molecular weight is 294 g/mol. The van der Waals surface area contributed by atoms with Crippen molar-refractivity contribution in [2.24, 2.45) is 0 Å². The number of nitrogens with one attached hydrogen (secondary N) is 1. The summed E-state index contributed by atoms with van der Waals surface area (Å²) in [5.41, 5.74) is 0.711. The Kier molecular flexibility index (Phi) is 6.36. The molecular formula is C13H18Cl2FNO. The SMILES string of the molecule is COCCC(C)NC(C)c1cc(F)c(Cl)cc1Cl. The third-order valence-corrected chi connectivity index (χ3v) is 3.41. The molecule has 5 heteroatoms. The maximum absolute atomic E-state index is 13.4. The van der Waals surface area contributed by atoms with Crippen LogP contribution >= 0.6 is 23.2 Å². The second-order valence-corrected chi connectivity index (χ2v) is 5.17.